The summed E-state index contributed by atoms with van der Waals surface area (Å²) >= 11 is 1.41. The molecule has 0 saturated heterocycles. The summed E-state index contributed by atoms with van der Waals surface area (Å²) < 4.78 is 2.02. The summed E-state index contributed by atoms with van der Waals surface area (Å²) in [4.78, 5) is 16.6. The number of thioether (sulfide) groups is 1. The Hall–Kier alpha value is -2.93. The first kappa shape index (κ1) is 22.3. The van der Waals surface area contributed by atoms with E-state index in [2.05, 4.69) is 58.6 Å². The van der Waals surface area contributed by atoms with Crippen molar-refractivity contribution in [1.82, 2.24) is 25.1 Å². The molecule has 0 fully saturated rings. The van der Waals surface area contributed by atoms with Crippen molar-refractivity contribution in [2.45, 2.75) is 51.1 Å². The maximum absolute atomic E-state index is 12.5. The predicted molar refractivity (Wildman–Crippen MR) is 129 cm³/mol. The number of benzene rings is 1. The van der Waals surface area contributed by atoms with Crippen molar-refractivity contribution < 1.29 is 4.79 Å². The van der Waals surface area contributed by atoms with Crippen LogP contribution in [0, 0.1) is 13.8 Å². The molecule has 1 aliphatic carbocycles. The number of amides is 1. The van der Waals surface area contributed by atoms with Crippen LogP contribution >= 0.6 is 11.8 Å². The van der Waals surface area contributed by atoms with E-state index < -0.39 is 0 Å². The summed E-state index contributed by atoms with van der Waals surface area (Å²) in [6.07, 6.45) is 11.7. The number of nitrogens with one attached hydrogen (secondary N) is 1. The SMILES string of the molecule is Cc1ccc(-n2c(SCC(=O)NCCC3=CCCCC3)nnc2-c2ccncc2)cc1C. The lowest BCUT2D eigenvalue weighted by atomic mass is 9.97. The number of carbonyl (C=O) groups is 1. The number of carbonyl (C=O) groups excluding carboxylic acids is 1. The molecule has 0 unspecified atom stereocenters. The van der Waals surface area contributed by atoms with Crippen LogP contribution in [0.5, 0.6) is 0 Å². The van der Waals surface area contributed by atoms with Gasteiger partial charge in [0.25, 0.3) is 0 Å². The molecule has 32 heavy (non-hydrogen) atoms. The van der Waals surface area contributed by atoms with Crippen LogP contribution in [0.4, 0.5) is 0 Å². The fraction of sp³-hybridized carbons (Fsp3) is 0.360. The Balaban J connectivity index is 1.48. The number of aryl methyl sites for hydroxylation is 2. The van der Waals surface area contributed by atoms with Crippen LogP contribution in [0.25, 0.3) is 17.1 Å². The average molecular weight is 448 g/mol. The molecule has 0 spiro atoms. The first-order chi connectivity index (χ1) is 15.6. The quantitative estimate of drug-likeness (QED) is 0.387. The first-order valence-electron chi connectivity index (χ1n) is 11.1. The molecule has 166 valence electrons. The second kappa shape index (κ2) is 10.6. The number of rotatable bonds is 8. The van der Waals surface area contributed by atoms with Crippen molar-refractivity contribution >= 4 is 17.7 Å². The molecule has 3 aromatic rings. The minimum atomic E-state index is 0.0199. The molecule has 4 rings (SSSR count). The zero-order chi connectivity index (χ0) is 22.3. The Kier molecular flexibility index (Phi) is 7.37. The number of aromatic nitrogens is 4. The van der Waals surface area contributed by atoms with Crippen LogP contribution in [0.1, 0.15) is 43.2 Å². The van der Waals surface area contributed by atoms with Gasteiger partial charge in [0.05, 0.1) is 11.4 Å². The standard InChI is InChI=1S/C25H29N5OS/c1-18-8-9-22(16-19(18)2)30-24(21-11-13-26-14-12-21)28-29-25(30)32-17-23(31)27-15-10-20-6-4-3-5-7-20/h6,8-9,11-14,16H,3-5,7,10,15,17H2,1-2H3,(H,27,31). The number of hydrogen-bond donors (Lipinski definition) is 1. The molecular weight excluding hydrogens is 418 g/mol. The van der Waals surface area contributed by atoms with Crippen molar-refractivity contribution in [3.8, 4) is 17.1 Å². The van der Waals surface area contributed by atoms with E-state index >= 15 is 0 Å². The van der Waals surface area contributed by atoms with Crippen molar-refractivity contribution in [3.05, 3.63) is 65.5 Å². The van der Waals surface area contributed by atoms with E-state index in [-0.39, 0.29) is 5.91 Å². The monoisotopic (exact) mass is 447 g/mol. The number of nitrogens with zero attached hydrogens (tertiary/aromatic N) is 4. The van der Waals surface area contributed by atoms with Gasteiger partial charge in [-0.15, -0.1) is 10.2 Å². The lowest BCUT2D eigenvalue weighted by molar-refractivity contribution is -0.118. The summed E-state index contributed by atoms with van der Waals surface area (Å²) in [6, 6.07) is 10.1. The highest BCUT2D eigenvalue weighted by atomic mass is 32.2. The van der Waals surface area contributed by atoms with Crippen molar-refractivity contribution in [3.63, 3.8) is 0 Å². The largest absolute Gasteiger partial charge is 0.355 e. The van der Waals surface area contributed by atoms with Gasteiger partial charge in [-0.25, -0.2) is 0 Å². The van der Waals surface area contributed by atoms with E-state index in [0.29, 0.717) is 17.5 Å². The van der Waals surface area contributed by atoms with E-state index in [1.807, 2.05) is 16.7 Å². The average Bonchev–Trinajstić information content (AvgIpc) is 3.25. The van der Waals surface area contributed by atoms with Gasteiger partial charge in [0.1, 0.15) is 0 Å². The third-order valence-corrected chi connectivity index (χ3v) is 6.74. The minimum Gasteiger partial charge on any atom is -0.355 e. The topological polar surface area (TPSA) is 72.7 Å². The smallest absolute Gasteiger partial charge is 0.230 e. The Morgan fingerprint density at radius 2 is 1.94 bits per heavy atom. The van der Waals surface area contributed by atoms with E-state index in [1.165, 1.54) is 54.1 Å². The highest BCUT2D eigenvalue weighted by molar-refractivity contribution is 7.99. The van der Waals surface area contributed by atoms with Gasteiger partial charge >= 0.3 is 0 Å². The van der Waals surface area contributed by atoms with Crippen LogP contribution in [0.2, 0.25) is 0 Å². The highest BCUT2D eigenvalue weighted by Gasteiger charge is 2.18. The summed E-state index contributed by atoms with van der Waals surface area (Å²) in [5.41, 5.74) is 5.82. The number of pyridine rings is 1. The number of allylic oxidation sites excluding steroid dienone is 1. The van der Waals surface area contributed by atoms with E-state index in [4.69, 9.17) is 0 Å². The van der Waals surface area contributed by atoms with Crippen molar-refractivity contribution in [2.24, 2.45) is 0 Å². The second-order valence-corrected chi connectivity index (χ2v) is 9.09. The zero-order valence-corrected chi connectivity index (χ0v) is 19.5. The second-order valence-electron chi connectivity index (χ2n) is 8.14. The molecule has 1 N–H and O–H groups in total. The first-order valence-corrected chi connectivity index (χ1v) is 12.1. The molecule has 6 nitrogen and oxygen atoms in total. The molecule has 0 atom stereocenters. The van der Waals surface area contributed by atoms with Gasteiger partial charge in [-0.1, -0.05) is 29.5 Å². The summed E-state index contributed by atoms with van der Waals surface area (Å²) in [7, 11) is 0. The predicted octanol–water partition coefficient (Wildman–Crippen LogP) is 5.04. The maximum Gasteiger partial charge on any atom is 0.230 e. The van der Waals surface area contributed by atoms with Crippen molar-refractivity contribution in [2.75, 3.05) is 12.3 Å². The summed E-state index contributed by atoms with van der Waals surface area (Å²) in [5, 5.41) is 12.6. The van der Waals surface area contributed by atoms with E-state index in [0.717, 1.165) is 23.5 Å². The van der Waals surface area contributed by atoms with Gasteiger partial charge in [0.2, 0.25) is 5.91 Å². The Labute approximate surface area is 193 Å². The number of hydrogen-bond acceptors (Lipinski definition) is 5. The summed E-state index contributed by atoms with van der Waals surface area (Å²) in [6.45, 7) is 4.88. The Morgan fingerprint density at radius 1 is 1.09 bits per heavy atom. The fourth-order valence-electron chi connectivity index (χ4n) is 3.82. The Bertz CT molecular complexity index is 1110. The van der Waals surface area contributed by atoms with Gasteiger partial charge in [0.15, 0.2) is 11.0 Å². The maximum atomic E-state index is 12.5. The van der Waals surface area contributed by atoms with Crippen LogP contribution in [0.3, 0.4) is 0 Å². The Morgan fingerprint density at radius 3 is 2.69 bits per heavy atom. The lowest BCUT2D eigenvalue weighted by Gasteiger charge is -2.13. The molecule has 2 heterocycles. The van der Waals surface area contributed by atoms with Gasteiger partial charge in [-0.2, -0.15) is 0 Å². The van der Waals surface area contributed by atoms with E-state index in [9.17, 15) is 4.79 Å². The van der Waals surface area contributed by atoms with Crippen LogP contribution in [-0.2, 0) is 4.79 Å². The molecule has 7 heteroatoms. The minimum absolute atomic E-state index is 0.0199. The van der Waals surface area contributed by atoms with Gasteiger partial charge in [-0.3, -0.25) is 14.3 Å². The molecule has 0 bridgehead atoms. The normalized spacial score (nSPS) is 13.6. The third kappa shape index (κ3) is 5.46. The molecule has 0 aliphatic heterocycles. The molecule has 0 saturated carbocycles. The molecule has 1 amide bonds. The van der Waals surface area contributed by atoms with Gasteiger partial charge < -0.3 is 5.32 Å². The molecule has 1 aliphatic rings. The van der Waals surface area contributed by atoms with Crippen molar-refractivity contribution in [1.29, 1.82) is 0 Å². The van der Waals surface area contributed by atoms with E-state index in [1.54, 1.807) is 12.4 Å². The lowest BCUT2D eigenvalue weighted by Crippen LogP contribution is -2.26. The molecule has 1 aromatic carbocycles. The molecular formula is C25H29N5OS. The third-order valence-electron chi connectivity index (χ3n) is 5.81. The molecule has 2 aromatic heterocycles. The summed E-state index contributed by atoms with van der Waals surface area (Å²) in [5.74, 6) is 1.06. The van der Waals surface area contributed by atoms with Crippen LogP contribution in [-0.4, -0.2) is 38.0 Å². The highest BCUT2D eigenvalue weighted by Crippen LogP contribution is 2.28. The van der Waals surface area contributed by atoms with Crippen LogP contribution < -0.4 is 5.32 Å². The van der Waals surface area contributed by atoms with Crippen LogP contribution in [0.15, 0.2) is 59.5 Å². The molecule has 0 radical (unpaired) electrons. The van der Waals surface area contributed by atoms with Gasteiger partial charge in [0, 0.05) is 24.5 Å². The van der Waals surface area contributed by atoms with Gasteiger partial charge in [-0.05, 0) is 81.3 Å². The zero-order valence-electron chi connectivity index (χ0n) is 18.7. The fourth-order valence-corrected chi connectivity index (χ4v) is 4.61.